The monoisotopic (exact) mass is 324 g/mol. The molecule has 4 nitrogen and oxygen atoms in total. The van der Waals surface area contributed by atoms with E-state index in [9.17, 15) is 0 Å². The molecule has 2 saturated heterocycles. The van der Waals surface area contributed by atoms with E-state index in [0.717, 1.165) is 44.0 Å². The number of piperidine rings is 1. The predicted octanol–water partition coefficient (Wildman–Crippen LogP) is 3.20. The number of nitrogens with zero attached hydrogens (tertiary/aromatic N) is 2. The van der Waals surface area contributed by atoms with E-state index < -0.39 is 0 Å². The SMILES string of the molecule is Cc1ccc(O[C@H]2C[C@H]3COC[C@@H](C2)N3Cc2ccccc2)nc1. The lowest BCUT2D eigenvalue weighted by Crippen LogP contribution is -2.58. The third kappa shape index (κ3) is 3.45. The third-order valence-corrected chi connectivity index (χ3v) is 5.01. The Morgan fingerprint density at radius 1 is 1.08 bits per heavy atom. The van der Waals surface area contributed by atoms with Gasteiger partial charge in [0.1, 0.15) is 6.10 Å². The van der Waals surface area contributed by atoms with Gasteiger partial charge in [0.2, 0.25) is 5.88 Å². The average molecular weight is 324 g/mol. The number of benzene rings is 1. The van der Waals surface area contributed by atoms with Gasteiger partial charge in [-0.1, -0.05) is 36.4 Å². The Kier molecular flexibility index (Phi) is 4.50. The second-order valence-electron chi connectivity index (χ2n) is 6.89. The zero-order chi connectivity index (χ0) is 16.4. The Morgan fingerprint density at radius 2 is 1.83 bits per heavy atom. The summed E-state index contributed by atoms with van der Waals surface area (Å²) < 4.78 is 12.0. The number of aromatic nitrogens is 1. The second kappa shape index (κ2) is 6.91. The molecule has 126 valence electrons. The molecule has 0 spiro atoms. The van der Waals surface area contributed by atoms with Crippen molar-refractivity contribution in [2.24, 2.45) is 0 Å². The van der Waals surface area contributed by atoms with Crippen LogP contribution < -0.4 is 4.74 Å². The van der Waals surface area contributed by atoms with Crippen molar-refractivity contribution < 1.29 is 9.47 Å². The smallest absolute Gasteiger partial charge is 0.213 e. The number of ether oxygens (including phenoxy) is 2. The van der Waals surface area contributed by atoms with E-state index >= 15 is 0 Å². The van der Waals surface area contributed by atoms with E-state index in [-0.39, 0.29) is 6.10 Å². The predicted molar refractivity (Wildman–Crippen MR) is 93.0 cm³/mol. The Hall–Kier alpha value is -1.91. The number of aryl methyl sites for hydroxylation is 1. The van der Waals surface area contributed by atoms with E-state index in [1.165, 1.54) is 5.56 Å². The molecule has 3 heterocycles. The number of hydrogen-bond acceptors (Lipinski definition) is 4. The van der Waals surface area contributed by atoms with Crippen LogP contribution in [0.4, 0.5) is 0 Å². The summed E-state index contributed by atoms with van der Waals surface area (Å²) in [5.41, 5.74) is 2.53. The molecule has 0 amide bonds. The first-order valence-corrected chi connectivity index (χ1v) is 8.74. The van der Waals surface area contributed by atoms with Crippen LogP contribution in [0.5, 0.6) is 5.88 Å². The highest BCUT2D eigenvalue weighted by atomic mass is 16.5. The van der Waals surface area contributed by atoms with Crippen molar-refractivity contribution in [3.8, 4) is 5.88 Å². The molecule has 4 rings (SSSR count). The molecule has 1 aromatic heterocycles. The number of pyridine rings is 1. The molecule has 0 N–H and O–H groups in total. The highest BCUT2D eigenvalue weighted by Crippen LogP contribution is 2.31. The van der Waals surface area contributed by atoms with E-state index in [4.69, 9.17) is 9.47 Å². The van der Waals surface area contributed by atoms with Crippen molar-refractivity contribution in [3.05, 3.63) is 59.8 Å². The summed E-state index contributed by atoms with van der Waals surface area (Å²) in [6.07, 6.45) is 4.09. The molecule has 2 fully saturated rings. The number of hydrogen-bond donors (Lipinski definition) is 0. The molecule has 2 bridgehead atoms. The summed E-state index contributed by atoms with van der Waals surface area (Å²) in [6, 6.07) is 15.6. The van der Waals surface area contributed by atoms with E-state index in [1.54, 1.807) is 0 Å². The molecule has 3 atom stereocenters. The summed E-state index contributed by atoms with van der Waals surface area (Å²) in [5, 5.41) is 0. The fourth-order valence-electron chi connectivity index (χ4n) is 3.78. The molecule has 2 aromatic rings. The van der Waals surface area contributed by atoms with Gasteiger partial charge < -0.3 is 9.47 Å². The van der Waals surface area contributed by atoms with Gasteiger partial charge in [0.25, 0.3) is 0 Å². The number of fused-ring (bicyclic) bond motifs is 2. The largest absolute Gasteiger partial charge is 0.474 e. The van der Waals surface area contributed by atoms with Crippen LogP contribution in [0.1, 0.15) is 24.0 Å². The molecule has 0 radical (unpaired) electrons. The van der Waals surface area contributed by atoms with Crippen molar-refractivity contribution in [2.75, 3.05) is 13.2 Å². The maximum absolute atomic E-state index is 6.15. The van der Waals surface area contributed by atoms with Crippen molar-refractivity contribution >= 4 is 0 Å². The van der Waals surface area contributed by atoms with Crippen LogP contribution in [0.3, 0.4) is 0 Å². The molecule has 24 heavy (non-hydrogen) atoms. The Bertz CT molecular complexity index is 645. The van der Waals surface area contributed by atoms with E-state index in [1.807, 2.05) is 19.2 Å². The van der Waals surface area contributed by atoms with Crippen LogP contribution in [-0.2, 0) is 11.3 Å². The van der Waals surface area contributed by atoms with Gasteiger partial charge in [-0.25, -0.2) is 4.98 Å². The highest BCUT2D eigenvalue weighted by molar-refractivity contribution is 5.17. The van der Waals surface area contributed by atoms with Crippen LogP contribution in [0.15, 0.2) is 48.7 Å². The zero-order valence-electron chi connectivity index (χ0n) is 14.1. The van der Waals surface area contributed by atoms with Gasteiger partial charge in [0.05, 0.1) is 13.2 Å². The molecule has 0 unspecified atom stereocenters. The van der Waals surface area contributed by atoms with Gasteiger partial charge in [-0.05, 0) is 18.1 Å². The average Bonchev–Trinajstić information content (AvgIpc) is 2.58. The van der Waals surface area contributed by atoms with Gasteiger partial charge in [-0.3, -0.25) is 4.90 Å². The summed E-state index contributed by atoms with van der Waals surface area (Å²) in [5.74, 6) is 0.737. The van der Waals surface area contributed by atoms with E-state index in [0.29, 0.717) is 12.1 Å². The van der Waals surface area contributed by atoms with Gasteiger partial charge in [0.15, 0.2) is 0 Å². The maximum Gasteiger partial charge on any atom is 0.213 e. The first kappa shape index (κ1) is 15.6. The topological polar surface area (TPSA) is 34.6 Å². The quantitative estimate of drug-likeness (QED) is 0.865. The van der Waals surface area contributed by atoms with Crippen LogP contribution in [0, 0.1) is 6.92 Å². The van der Waals surface area contributed by atoms with Crippen molar-refractivity contribution in [1.29, 1.82) is 0 Å². The van der Waals surface area contributed by atoms with Crippen molar-refractivity contribution in [1.82, 2.24) is 9.88 Å². The highest BCUT2D eigenvalue weighted by Gasteiger charge is 2.39. The van der Waals surface area contributed by atoms with Crippen LogP contribution >= 0.6 is 0 Å². The van der Waals surface area contributed by atoms with Gasteiger partial charge in [-0.15, -0.1) is 0 Å². The lowest BCUT2D eigenvalue weighted by Gasteiger charge is -2.48. The van der Waals surface area contributed by atoms with Crippen LogP contribution in [-0.4, -0.2) is 41.3 Å². The summed E-state index contributed by atoms with van der Waals surface area (Å²) in [7, 11) is 0. The lowest BCUT2D eigenvalue weighted by atomic mass is 9.91. The summed E-state index contributed by atoms with van der Waals surface area (Å²) in [4.78, 5) is 6.98. The zero-order valence-corrected chi connectivity index (χ0v) is 14.1. The van der Waals surface area contributed by atoms with Gasteiger partial charge >= 0.3 is 0 Å². The second-order valence-corrected chi connectivity index (χ2v) is 6.89. The minimum absolute atomic E-state index is 0.228. The maximum atomic E-state index is 6.15. The number of morpholine rings is 1. The fraction of sp³-hybridized carbons (Fsp3) is 0.450. The Balaban J connectivity index is 1.43. The molecule has 2 aliphatic heterocycles. The molecular formula is C20H24N2O2. The van der Waals surface area contributed by atoms with Crippen LogP contribution in [0.2, 0.25) is 0 Å². The minimum Gasteiger partial charge on any atom is -0.474 e. The molecule has 4 heteroatoms. The molecule has 0 saturated carbocycles. The molecule has 0 aliphatic carbocycles. The first-order chi connectivity index (χ1) is 11.8. The summed E-state index contributed by atoms with van der Waals surface area (Å²) >= 11 is 0. The standard InChI is InChI=1S/C20H24N2O2/c1-15-7-8-20(21-11-15)24-19-9-17-13-23-14-18(10-19)22(17)12-16-5-3-2-4-6-16/h2-8,11,17-19H,9-10,12-14H2,1H3/t17-,18+,19-. The van der Waals surface area contributed by atoms with Crippen LogP contribution in [0.25, 0.3) is 0 Å². The van der Waals surface area contributed by atoms with Crippen molar-refractivity contribution in [2.45, 2.75) is 44.5 Å². The molecular weight excluding hydrogens is 300 g/mol. The summed E-state index contributed by atoms with van der Waals surface area (Å²) in [6.45, 7) is 4.63. The molecule has 2 aliphatic rings. The Labute approximate surface area is 143 Å². The fourth-order valence-corrected chi connectivity index (χ4v) is 3.78. The Morgan fingerprint density at radius 3 is 2.50 bits per heavy atom. The third-order valence-electron chi connectivity index (χ3n) is 5.01. The lowest BCUT2D eigenvalue weighted by molar-refractivity contribution is -0.104. The number of rotatable bonds is 4. The first-order valence-electron chi connectivity index (χ1n) is 8.74. The van der Waals surface area contributed by atoms with E-state index in [2.05, 4.69) is 46.3 Å². The minimum atomic E-state index is 0.228. The molecule has 1 aromatic carbocycles. The normalized spacial score (nSPS) is 27.0. The van der Waals surface area contributed by atoms with Gasteiger partial charge in [0, 0.05) is 43.7 Å². The van der Waals surface area contributed by atoms with Crippen molar-refractivity contribution in [3.63, 3.8) is 0 Å². The van der Waals surface area contributed by atoms with Gasteiger partial charge in [-0.2, -0.15) is 0 Å².